The fourth-order valence-electron chi connectivity index (χ4n) is 4.06. The van der Waals surface area contributed by atoms with Crippen molar-refractivity contribution in [3.63, 3.8) is 0 Å². The highest BCUT2D eigenvalue weighted by atomic mass is 16.5. The monoisotopic (exact) mass is 378 g/mol. The molecule has 146 valence electrons. The number of carbonyl (C=O) groups excluding carboxylic acids is 2. The van der Waals surface area contributed by atoms with Gasteiger partial charge in [0.15, 0.2) is 0 Å². The van der Waals surface area contributed by atoms with Gasteiger partial charge in [0, 0.05) is 44.1 Å². The van der Waals surface area contributed by atoms with Crippen molar-refractivity contribution < 1.29 is 14.3 Å². The molecule has 0 saturated carbocycles. The van der Waals surface area contributed by atoms with Crippen LogP contribution in [0.1, 0.15) is 41.3 Å². The van der Waals surface area contributed by atoms with Crippen LogP contribution in [-0.2, 0) is 17.8 Å². The molecule has 2 amide bonds. The van der Waals surface area contributed by atoms with Gasteiger partial charge < -0.3 is 14.5 Å². The molecule has 0 N–H and O–H groups in total. The highest BCUT2D eigenvalue weighted by molar-refractivity contribution is 5.95. The summed E-state index contributed by atoms with van der Waals surface area (Å²) < 4.78 is 5.54. The number of hydrogen-bond acceptors (Lipinski definition) is 3. The average Bonchev–Trinajstić information content (AvgIpc) is 3.14. The predicted octanol–water partition coefficient (Wildman–Crippen LogP) is 3.27. The van der Waals surface area contributed by atoms with E-state index in [4.69, 9.17) is 4.74 Å². The van der Waals surface area contributed by atoms with Crippen LogP contribution in [0.3, 0.4) is 0 Å². The molecule has 1 fully saturated rings. The van der Waals surface area contributed by atoms with E-state index in [-0.39, 0.29) is 17.9 Å². The van der Waals surface area contributed by atoms with Crippen LogP contribution < -0.4 is 4.74 Å². The van der Waals surface area contributed by atoms with Gasteiger partial charge in [0.1, 0.15) is 5.75 Å². The lowest BCUT2D eigenvalue weighted by Gasteiger charge is -2.31. The molecule has 2 aliphatic heterocycles. The van der Waals surface area contributed by atoms with Crippen molar-refractivity contribution in [1.82, 2.24) is 9.80 Å². The quantitative estimate of drug-likeness (QED) is 0.820. The lowest BCUT2D eigenvalue weighted by atomic mass is 10.1. The van der Waals surface area contributed by atoms with E-state index >= 15 is 0 Å². The van der Waals surface area contributed by atoms with E-state index in [2.05, 4.69) is 6.92 Å². The Morgan fingerprint density at radius 1 is 1.14 bits per heavy atom. The molecule has 2 heterocycles. The maximum absolute atomic E-state index is 13.1. The average molecular weight is 378 g/mol. The van der Waals surface area contributed by atoms with Crippen LogP contribution in [0.2, 0.25) is 0 Å². The number of benzene rings is 2. The summed E-state index contributed by atoms with van der Waals surface area (Å²) in [7, 11) is 0. The second-order valence-corrected chi connectivity index (χ2v) is 7.49. The van der Waals surface area contributed by atoms with Gasteiger partial charge in [-0.1, -0.05) is 37.3 Å². The van der Waals surface area contributed by atoms with Crippen molar-refractivity contribution in [3.8, 4) is 5.75 Å². The van der Waals surface area contributed by atoms with Gasteiger partial charge in [0.25, 0.3) is 5.91 Å². The van der Waals surface area contributed by atoms with Gasteiger partial charge >= 0.3 is 0 Å². The van der Waals surface area contributed by atoms with Gasteiger partial charge in [-0.05, 0) is 35.7 Å². The number of carbonyl (C=O) groups is 2. The second kappa shape index (κ2) is 8.05. The molecule has 1 unspecified atom stereocenters. The Kier molecular flexibility index (Phi) is 5.33. The fourth-order valence-corrected chi connectivity index (χ4v) is 4.06. The Hall–Kier alpha value is -2.82. The minimum absolute atomic E-state index is 0.00233. The van der Waals surface area contributed by atoms with E-state index < -0.39 is 0 Å². The standard InChI is InChI=1S/C23H26N2O3/c1-2-20-16-24(23(27)19-8-9-21-18(14-19)11-13-28-21)12-10-22(26)25(20)15-17-6-4-3-5-7-17/h3-9,14,20H,2,10-13,15-16H2,1H3. The minimum Gasteiger partial charge on any atom is -0.493 e. The Morgan fingerprint density at radius 3 is 2.75 bits per heavy atom. The Balaban J connectivity index is 1.52. The van der Waals surface area contributed by atoms with Gasteiger partial charge in [-0.15, -0.1) is 0 Å². The third kappa shape index (κ3) is 3.75. The van der Waals surface area contributed by atoms with E-state index in [9.17, 15) is 9.59 Å². The third-order valence-corrected chi connectivity index (χ3v) is 5.68. The van der Waals surface area contributed by atoms with E-state index in [0.29, 0.717) is 38.2 Å². The summed E-state index contributed by atoms with van der Waals surface area (Å²) in [5.41, 5.74) is 2.89. The molecule has 0 bridgehead atoms. The van der Waals surface area contributed by atoms with E-state index in [0.717, 1.165) is 29.7 Å². The van der Waals surface area contributed by atoms with Crippen LogP contribution >= 0.6 is 0 Å². The molecule has 28 heavy (non-hydrogen) atoms. The number of amides is 2. The SMILES string of the molecule is CCC1CN(C(=O)c2ccc3c(c2)CCO3)CCC(=O)N1Cc1ccccc1. The summed E-state index contributed by atoms with van der Waals surface area (Å²) in [6, 6.07) is 15.7. The first-order valence-corrected chi connectivity index (χ1v) is 10.0. The van der Waals surface area contributed by atoms with Crippen LogP contribution in [0.15, 0.2) is 48.5 Å². The maximum Gasteiger partial charge on any atom is 0.253 e. The van der Waals surface area contributed by atoms with Crippen LogP contribution in [0.25, 0.3) is 0 Å². The van der Waals surface area contributed by atoms with Gasteiger partial charge in [0.2, 0.25) is 5.91 Å². The highest BCUT2D eigenvalue weighted by Gasteiger charge is 2.31. The Morgan fingerprint density at radius 2 is 1.96 bits per heavy atom. The lowest BCUT2D eigenvalue weighted by molar-refractivity contribution is -0.133. The van der Waals surface area contributed by atoms with Crippen molar-refractivity contribution in [2.45, 2.75) is 38.8 Å². The van der Waals surface area contributed by atoms with Crippen LogP contribution in [-0.4, -0.2) is 47.4 Å². The summed E-state index contributed by atoms with van der Waals surface area (Å²) in [5, 5.41) is 0. The van der Waals surface area contributed by atoms with Gasteiger partial charge in [0.05, 0.1) is 6.61 Å². The first kappa shape index (κ1) is 18.5. The zero-order valence-corrected chi connectivity index (χ0v) is 16.3. The Labute approximate surface area is 165 Å². The van der Waals surface area contributed by atoms with Gasteiger partial charge in [-0.3, -0.25) is 9.59 Å². The molecule has 5 heteroatoms. The first-order valence-electron chi connectivity index (χ1n) is 10.0. The minimum atomic E-state index is 0.00233. The van der Waals surface area contributed by atoms with E-state index in [1.165, 1.54) is 0 Å². The smallest absolute Gasteiger partial charge is 0.253 e. The summed E-state index contributed by atoms with van der Waals surface area (Å²) >= 11 is 0. The fraction of sp³-hybridized carbons (Fsp3) is 0.391. The number of ether oxygens (including phenoxy) is 1. The molecular formula is C23H26N2O3. The molecule has 4 rings (SSSR count). The van der Waals surface area contributed by atoms with Gasteiger partial charge in [-0.25, -0.2) is 0 Å². The number of hydrogen-bond donors (Lipinski definition) is 0. The zero-order valence-electron chi connectivity index (χ0n) is 16.3. The van der Waals surface area contributed by atoms with Crippen molar-refractivity contribution in [2.24, 2.45) is 0 Å². The number of fused-ring (bicyclic) bond motifs is 1. The second-order valence-electron chi connectivity index (χ2n) is 7.49. The van der Waals surface area contributed by atoms with Crippen molar-refractivity contribution >= 4 is 11.8 Å². The molecule has 1 saturated heterocycles. The number of rotatable bonds is 4. The summed E-state index contributed by atoms with van der Waals surface area (Å²) in [6.07, 6.45) is 2.03. The van der Waals surface area contributed by atoms with Crippen LogP contribution in [0.4, 0.5) is 0 Å². The number of nitrogens with zero attached hydrogens (tertiary/aromatic N) is 2. The highest BCUT2D eigenvalue weighted by Crippen LogP contribution is 2.27. The normalized spacial score (nSPS) is 19.2. The van der Waals surface area contributed by atoms with Crippen LogP contribution in [0, 0.1) is 0 Å². The van der Waals surface area contributed by atoms with Crippen molar-refractivity contribution in [3.05, 3.63) is 65.2 Å². The summed E-state index contributed by atoms with van der Waals surface area (Å²) in [6.45, 7) is 4.39. The lowest BCUT2D eigenvalue weighted by Crippen LogP contribution is -2.43. The largest absolute Gasteiger partial charge is 0.493 e. The predicted molar refractivity (Wildman–Crippen MR) is 107 cm³/mol. The van der Waals surface area contributed by atoms with E-state index in [1.54, 1.807) is 0 Å². The molecule has 0 spiro atoms. The van der Waals surface area contributed by atoms with E-state index in [1.807, 2.05) is 58.3 Å². The van der Waals surface area contributed by atoms with Gasteiger partial charge in [-0.2, -0.15) is 0 Å². The molecular weight excluding hydrogens is 352 g/mol. The Bertz CT molecular complexity index is 865. The van der Waals surface area contributed by atoms with Crippen LogP contribution in [0.5, 0.6) is 5.75 Å². The topological polar surface area (TPSA) is 49.9 Å². The third-order valence-electron chi connectivity index (χ3n) is 5.68. The molecule has 5 nitrogen and oxygen atoms in total. The van der Waals surface area contributed by atoms with Crippen molar-refractivity contribution in [1.29, 1.82) is 0 Å². The van der Waals surface area contributed by atoms with Crippen molar-refractivity contribution in [2.75, 3.05) is 19.7 Å². The maximum atomic E-state index is 13.1. The first-order chi connectivity index (χ1) is 13.7. The zero-order chi connectivity index (χ0) is 19.5. The molecule has 0 aliphatic carbocycles. The molecule has 0 radical (unpaired) electrons. The molecule has 1 atom stereocenters. The molecule has 2 aromatic rings. The molecule has 2 aromatic carbocycles. The summed E-state index contributed by atoms with van der Waals surface area (Å²) in [4.78, 5) is 29.7. The summed E-state index contributed by atoms with van der Waals surface area (Å²) in [5.74, 6) is 0.999. The molecule has 0 aromatic heterocycles. The molecule has 2 aliphatic rings.